The average Bonchev–Trinajstić information content (AvgIpc) is 2.62. The minimum Gasteiger partial charge on any atom is -0.422 e. The summed E-state index contributed by atoms with van der Waals surface area (Å²) in [6.45, 7) is 5.72. The highest BCUT2D eigenvalue weighted by Crippen LogP contribution is 2.26. The molecule has 0 saturated carbocycles. The number of hydrogen-bond acceptors (Lipinski definition) is 5. The van der Waals surface area contributed by atoms with E-state index in [9.17, 15) is 13.2 Å². The molecule has 0 atom stereocenters. The van der Waals surface area contributed by atoms with Crippen LogP contribution >= 0.6 is 15.9 Å². The monoisotopic (exact) mass is 435 g/mol. The number of sulfone groups is 1. The molecule has 26 heavy (non-hydrogen) atoms. The van der Waals surface area contributed by atoms with Crippen LogP contribution in [0.5, 0.6) is 0 Å². The summed E-state index contributed by atoms with van der Waals surface area (Å²) in [5.74, 6) is 0. The van der Waals surface area contributed by atoms with Crippen LogP contribution in [0.15, 0.2) is 72.0 Å². The molecule has 0 unspecified atom stereocenters. The summed E-state index contributed by atoms with van der Waals surface area (Å²) < 4.78 is 31.7. The molecule has 2 aromatic carbocycles. The zero-order chi connectivity index (χ0) is 18.9. The second kappa shape index (κ2) is 7.25. The van der Waals surface area contributed by atoms with Crippen LogP contribution in [-0.2, 0) is 9.84 Å². The number of nitrogens with zero attached hydrogens (tertiary/aromatic N) is 1. The third-order valence-electron chi connectivity index (χ3n) is 4.23. The van der Waals surface area contributed by atoms with Crippen molar-refractivity contribution in [2.45, 2.75) is 23.6 Å². The fourth-order valence-electron chi connectivity index (χ4n) is 2.79. The van der Waals surface area contributed by atoms with E-state index in [0.29, 0.717) is 11.0 Å². The molecule has 0 fully saturated rings. The predicted octanol–water partition coefficient (Wildman–Crippen LogP) is 4.23. The fourth-order valence-corrected chi connectivity index (χ4v) is 4.35. The van der Waals surface area contributed by atoms with Crippen molar-refractivity contribution in [3.63, 3.8) is 0 Å². The Labute approximate surface area is 160 Å². The summed E-state index contributed by atoms with van der Waals surface area (Å²) in [6, 6.07) is 12.9. The molecule has 0 radical (unpaired) electrons. The maximum Gasteiger partial charge on any atom is 0.355 e. The van der Waals surface area contributed by atoms with Crippen molar-refractivity contribution in [1.29, 1.82) is 0 Å². The fraction of sp³-hybridized carbons (Fsp3) is 0.211. The summed E-state index contributed by atoms with van der Waals surface area (Å²) in [5, 5.41) is 0.566. The van der Waals surface area contributed by atoms with Gasteiger partial charge in [0, 0.05) is 34.7 Å². The Hall–Kier alpha value is -2.12. The standard InChI is InChI=1S/C19H18BrNO4S/c1-3-21(4-2)15-8-5-13-11-18(19(22)25-17(13)12-15)26(23,24)16-9-6-14(20)7-10-16/h5-12H,3-4H2,1-2H3. The van der Waals surface area contributed by atoms with Crippen molar-refractivity contribution >= 4 is 42.4 Å². The van der Waals surface area contributed by atoms with Crippen molar-refractivity contribution in [3.8, 4) is 0 Å². The third-order valence-corrected chi connectivity index (χ3v) is 6.51. The average molecular weight is 436 g/mol. The van der Waals surface area contributed by atoms with Crippen molar-refractivity contribution in [2.24, 2.45) is 0 Å². The van der Waals surface area contributed by atoms with Crippen LogP contribution in [0.3, 0.4) is 0 Å². The van der Waals surface area contributed by atoms with Gasteiger partial charge in [0.2, 0.25) is 9.84 Å². The molecule has 0 saturated heterocycles. The van der Waals surface area contributed by atoms with E-state index in [1.165, 1.54) is 18.2 Å². The van der Waals surface area contributed by atoms with E-state index < -0.39 is 15.5 Å². The molecule has 0 bridgehead atoms. The SMILES string of the molecule is CCN(CC)c1ccc2cc(S(=O)(=O)c3ccc(Br)cc3)c(=O)oc2c1. The molecular weight excluding hydrogens is 418 g/mol. The van der Waals surface area contributed by atoms with Crippen molar-refractivity contribution in [1.82, 2.24) is 0 Å². The van der Waals surface area contributed by atoms with E-state index in [4.69, 9.17) is 4.42 Å². The Morgan fingerprint density at radius 2 is 1.65 bits per heavy atom. The van der Waals surface area contributed by atoms with E-state index >= 15 is 0 Å². The molecule has 3 rings (SSSR count). The zero-order valence-corrected chi connectivity index (χ0v) is 16.8. The van der Waals surface area contributed by atoms with Crippen molar-refractivity contribution < 1.29 is 12.8 Å². The molecule has 0 aliphatic heterocycles. The number of benzene rings is 2. The Morgan fingerprint density at radius 3 is 2.27 bits per heavy atom. The van der Waals surface area contributed by atoms with Gasteiger partial charge in [0.05, 0.1) is 4.90 Å². The Kier molecular flexibility index (Phi) is 5.20. The van der Waals surface area contributed by atoms with Gasteiger partial charge in [0.1, 0.15) is 5.58 Å². The van der Waals surface area contributed by atoms with Gasteiger partial charge < -0.3 is 9.32 Å². The van der Waals surface area contributed by atoms with Crippen LogP contribution < -0.4 is 10.5 Å². The van der Waals surface area contributed by atoms with Crippen molar-refractivity contribution in [2.75, 3.05) is 18.0 Å². The first-order chi connectivity index (χ1) is 12.4. The van der Waals surface area contributed by atoms with Gasteiger partial charge in [0.15, 0.2) is 4.90 Å². The van der Waals surface area contributed by atoms with Crippen LogP contribution in [-0.4, -0.2) is 21.5 Å². The van der Waals surface area contributed by atoms with Crippen LogP contribution in [0.25, 0.3) is 11.0 Å². The van der Waals surface area contributed by atoms with Gasteiger partial charge in [-0.1, -0.05) is 15.9 Å². The molecular formula is C19H18BrNO4S. The molecule has 136 valence electrons. The first kappa shape index (κ1) is 18.7. The van der Waals surface area contributed by atoms with E-state index in [2.05, 4.69) is 20.8 Å². The lowest BCUT2D eigenvalue weighted by molar-refractivity contribution is 0.532. The predicted molar refractivity (Wildman–Crippen MR) is 106 cm³/mol. The number of fused-ring (bicyclic) bond motifs is 1. The van der Waals surface area contributed by atoms with E-state index in [-0.39, 0.29) is 9.79 Å². The molecule has 0 aliphatic carbocycles. The first-order valence-corrected chi connectivity index (χ1v) is 10.5. The van der Waals surface area contributed by atoms with Crippen LogP contribution in [0.2, 0.25) is 0 Å². The minimum absolute atomic E-state index is 0.0483. The Morgan fingerprint density at radius 1 is 1.00 bits per heavy atom. The summed E-state index contributed by atoms with van der Waals surface area (Å²) in [6.07, 6.45) is 0. The second-order valence-electron chi connectivity index (χ2n) is 5.75. The highest BCUT2D eigenvalue weighted by Gasteiger charge is 2.23. The summed E-state index contributed by atoms with van der Waals surface area (Å²) >= 11 is 3.27. The molecule has 1 heterocycles. The maximum atomic E-state index is 12.8. The lowest BCUT2D eigenvalue weighted by Gasteiger charge is -2.21. The normalized spacial score (nSPS) is 11.7. The smallest absolute Gasteiger partial charge is 0.355 e. The minimum atomic E-state index is -3.95. The van der Waals surface area contributed by atoms with Gasteiger partial charge >= 0.3 is 5.63 Å². The molecule has 0 amide bonds. The Balaban J connectivity index is 2.13. The lowest BCUT2D eigenvalue weighted by Crippen LogP contribution is -2.21. The number of rotatable bonds is 5. The van der Waals surface area contributed by atoms with Crippen LogP contribution in [0.4, 0.5) is 5.69 Å². The van der Waals surface area contributed by atoms with E-state index in [1.807, 2.05) is 19.9 Å². The van der Waals surface area contributed by atoms with Gasteiger partial charge in [-0.2, -0.15) is 0 Å². The third kappa shape index (κ3) is 3.41. The Bertz CT molecular complexity index is 1100. The van der Waals surface area contributed by atoms with Gasteiger partial charge in [-0.25, -0.2) is 13.2 Å². The van der Waals surface area contributed by atoms with Gasteiger partial charge in [-0.3, -0.25) is 0 Å². The zero-order valence-electron chi connectivity index (χ0n) is 14.4. The van der Waals surface area contributed by atoms with Crippen LogP contribution in [0, 0.1) is 0 Å². The highest BCUT2D eigenvalue weighted by molar-refractivity contribution is 9.10. The topological polar surface area (TPSA) is 67.6 Å². The first-order valence-electron chi connectivity index (χ1n) is 8.20. The quantitative estimate of drug-likeness (QED) is 0.560. The maximum absolute atomic E-state index is 12.8. The number of anilines is 1. The molecule has 0 spiro atoms. The molecule has 1 aromatic heterocycles. The van der Waals surface area contributed by atoms with Gasteiger partial charge in [0.25, 0.3) is 0 Å². The number of hydrogen-bond donors (Lipinski definition) is 0. The van der Waals surface area contributed by atoms with Crippen molar-refractivity contribution in [3.05, 3.63) is 63.4 Å². The summed E-state index contributed by atoms with van der Waals surface area (Å²) in [7, 11) is -3.95. The second-order valence-corrected chi connectivity index (χ2v) is 8.58. The lowest BCUT2D eigenvalue weighted by atomic mass is 10.2. The summed E-state index contributed by atoms with van der Waals surface area (Å²) in [4.78, 5) is 14.2. The molecule has 3 aromatic rings. The molecule has 7 heteroatoms. The van der Waals surface area contributed by atoms with Crippen LogP contribution in [0.1, 0.15) is 13.8 Å². The molecule has 0 aliphatic rings. The molecule has 0 N–H and O–H groups in total. The highest BCUT2D eigenvalue weighted by atomic mass is 79.9. The summed E-state index contributed by atoms with van der Waals surface area (Å²) in [5.41, 5.74) is 0.431. The van der Waals surface area contributed by atoms with E-state index in [0.717, 1.165) is 23.2 Å². The van der Waals surface area contributed by atoms with E-state index in [1.54, 1.807) is 24.3 Å². The van der Waals surface area contributed by atoms with Gasteiger partial charge in [-0.05, 0) is 56.3 Å². The molecule has 5 nitrogen and oxygen atoms in total. The number of halogens is 1. The largest absolute Gasteiger partial charge is 0.422 e. The van der Waals surface area contributed by atoms with Gasteiger partial charge in [-0.15, -0.1) is 0 Å².